The molecule has 2 aromatic carbocycles. The van der Waals surface area contributed by atoms with Gasteiger partial charge in [-0.05, 0) is 18.9 Å². The molecule has 1 saturated heterocycles. The lowest BCUT2D eigenvalue weighted by molar-refractivity contribution is 0.110. The van der Waals surface area contributed by atoms with Crippen molar-refractivity contribution in [1.82, 2.24) is 20.3 Å². The lowest BCUT2D eigenvalue weighted by Gasteiger charge is -2.10. The Bertz CT molecular complexity index is 875. The molecule has 1 aliphatic heterocycles. The molecule has 4 rings (SSSR count). The molecular formula is C21H23FN4O. The minimum Gasteiger partial charge on any atom is -0.377 e. The molecule has 6 heteroatoms. The summed E-state index contributed by atoms with van der Waals surface area (Å²) in [6, 6.07) is 16.7. The molecule has 1 atom stereocenters. The van der Waals surface area contributed by atoms with Crippen LogP contribution in [0.4, 0.5) is 4.39 Å². The van der Waals surface area contributed by atoms with Crippen LogP contribution in [0.5, 0.6) is 0 Å². The second-order valence-electron chi connectivity index (χ2n) is 6.75. The average Bonchev–Trinajstić information content (AvgIpc) is 3.35. The molecule has 0 saturated carbocycles. The van der Waals surface area contributed by atoms with Crippen LogP contribution in [0, 0.1) is 5.82 Å². The van der Waals surface area contributed by atoms with Crippen LogP contribution in [0.2, 0.25) is 0 Å². The summed E-state index contributed by atoms with van der Waals surface area (Å²) >= 11 is 0. The van der Waals surface area contributed by atoms with Crippen molar-refractivity contribution in [3.8, 4) is 11.3 Å². The Morgan fingerprint density at radius 3 is 2.67 bits per heavy atom. The molecule has 0 unspecified atom stereocenters. The monoisotopic (exact) mass is 366 g/mol. The van der Waals surface area contributed by atoms with Gasteiger partial charge in [-0.25, -0.2) is 4.39 Å². The van der Waals surface area contributed by atoms with Crippen molar-refractivity contribution in [3.63, 3.8) is 0 Å². The normalized spacial score (nSPS) is 16.7. The van der Waals surface area contributed by atoms with E-state index in [0.717, 1.165) is 42.9 Å². The Morgan fingerprint density at radius 2 is 1.89 bits per heavy atom. The summed E-state index contributed by atoms with van der Waals surface area (Å²) in [5.74, 6) is -0.242. The van der Waals surface area contributed by atoms with Gasteiger partial charge in [0.1, 0.15) is 17.2 Å². The van der Waals surface area contributed by atoms with E-state index in [4.69, 9.17) is 4.74 Å². The summed E-state index contributed by atoms with van der Waals surface area (Å²) in [4.78, 5) is 1.57. The van der Waals surface area contributed by atoms with Crippen molar-refractivity contribution in [2.75, 3.05) is 13.2 Å². The summed E-state index contributed by atoms with van der Waals surface area (Å²) in [6.07, 6.45) is 2.50. The first-order valence-electron chi connectivity index (χ1n) is 9.35. The fraction of sp³-hybridized carbons (Fsp3) is 0.333. The topological polar surface area (TPSA) is 52.0 Å². The van der Waals surface area contributed by atoms with Crippen LogP contribution in [0.1, 0.15) is 24.1 Å². The third-order valence-corrected chi connectivity index (χ3v) is 4.73. The molecule has 2 heterocycles. The van der Waals surface area contributed by atoms with Crippen LogP contribution in [0.15, 0.2) is 54.6 Å². The molecule has 140 valence electrons. The zero-order chi connectivity index (χ0) is 18.5. The number of rotatable bonds is 7. The molecule has 0 amide bonds. The quantitative estimate of drug-likeness (QED) is 0.696. The lowest BCUT2D eigenvalue weighted by Crippen LogP contribution is -2.26. The van der Waals surface area contributed by atoms with Crippen molar-refractivity contribution in [2.45, 2.75) is 32.0 Å². The van der Waals surface area contributed by atoms with E-state index in [1.165, 1.54) is 6.07 Å². The van der Waals surface area contributed by atoms with E-state index in [1.807, 2.05) is 36.4 Å². The highest BCUT2D eigenvalue weighted by Gasteiger charge is 2.17. The molecule has 1 fully saturated rings. The molecule has 1 aliphatic rings. The van der Waals surface area contributed by atoms with E-state index in [1.54, 1.807) is 16.9 Å². The van der Waals surface area contributed by atoms with Gasteiger partial charge in [0.15, 0.2) is 0 Å². The highest BCUT2D eigenvalue weighted by molar-refractivity contribution is 5.60. The van der Waals surface area contributed by atoms with Crippen LogP contribution < -0.4 is 5.32 Å². The van der Waals surface area contributed by atoms with E-state index >= 15 is 0 Å². The smallest absolute Gasteiger partial charge is 0.128 e. The maximum absolute atomic E-state index is 14.0. The van der Waals surface area contributed by atoms with E-state index in [2.05, 4.69) is 15.5 Å². The first-order chi connectivity index (χ1) is 13.3. The van der Waals surface area contributed by atoms with Crippen LogP contribution >= 0.6 is 0 Å². The fourth-order valence-corrected chi connectivity index (χ4v) is 3.33. The van der Waals surface area contributed by atoms with E-state index < -0.39 is 0 Å². The molecule has 5 nitrogen and oxygen atoms in total. The number of nitrogens with zero attached hydrogens (tertiary/aromatic N) is 3. The summed E-state index contributed by atoms with van der Waals surface area (Å²) in [7, 11) is 0. The van der Waals surface area contributed by atoms with Gasteiger partial charge in [-0.15, -0.1) is 0 Å². The minimum atomic E-state index is -0.242. The predicted octanol–water partition coefficient (Wildman–Crippen LogP) is 3.40. The maximum atomic E-state index is 14.0. The first kappa shape index (κ1) is 17.8. The van der Waals surface area contributed by atoms with Crippen LogP contribution in [0.3, 0.4) is 0 Å². The number of hydrogen-bond donors (Lipinski definition) is 1. The van der Waals surface area contributed by atoms with Crippen molar-refractivity contribution in [1.29, 1.82) is 0 Å². The third kappa shape index (κ3) is 4.40. The highest BCUT2D eigenvalue weighted by atomic mass is 19.1. The van der Waals surface area contributed by atoms with Crippen LogP contribution in [-0.4, -0.2) is 34.2 Å². The van der Waals surface area contributed by atoms with Gasteiger partial charge >= 0.3 is 0 Å². The Morgan fingerprint density at radius 1 is 1.07 bits per heavy atom. The fourth-order valence-electron chi connectivity index (χ4n) is 3.33. The number of halogens is 1. The summed E-state index contributed by atoms with van der Waals surface area (Å²) in [6.45, 7) is 2.55. The molecule has 1 N–H and O–H groups in total. The lowest BCUT2D eigenvalue weighted by atomic mass is 10.1. The number of ether oxygens (including phenoxy) is 1. The third-order valence-electron chi connectivity index (χ3n) is 4.73. The molecule has 0 spiro atoms. The Kier molecular flexibility index (Phi) is 5.55. The maximum Gasteiger partial charge on any atom is 0.128 e. The SMILES string of the molecule is Fc1ccccc1Cn1nc(CNC[C@@H]2CCCO2)c(-c2ccccc2)n1. The number of aromatic nitrogens is 3. The summed E-state index contributed by atoms with van der Waals surface area (Å²) < 4.78 is 19.6. The van der Waals surface area contributed by atoms with Crippen molar-refractivity contribution >= 4 is 0 Å². The molecule has 0 bridgehead atoms. The Balaban J connectivity index is 1.54. The first-order valence-corrected chi connectivity index (χ1v) is 9.35. The van der Waals surface area contributed by atoms with Crippen molar-refractivity contribution in [3.05, 3.63) is 71.7 Å². The largest absolute Gasteiger partial charge is 0.377 e. The standard InChI is InChI=1S/C21H23FN4O/c22-19-11-5-4-9-17(19)15-26-24-20(14-23-13-18-10-6-12-27-18)21(25-26)16-7-2-1-3-8-16/h1-5,7-9,11,18,23H,6,10,12-15H2/t18-/m0/s1. The number of benzene rings is 2. The van der Waals surface area contributed by atoms with Gasteiger partial charge in [0.05, 0.1) is 12.6 Å². The molecule has 1 aromatic heterocycles. The van der Waals surface area contributed by atoms with Gasteiger partial charge in [0.2, 0.25) is 0 Å². The molecule has 3 aromatic rings. The van der Waals surface area contributed by atoms with Crippen LogP contribution in [0.25, 0.3) is 11.3 Å². The molecule has 0 aliphatic carbocycles. The van der Waals surface area contributed by atoms with Gasteiger partial charge < -0.3 is 10.1 Å². The predicted molar refractivity (Wildman–Crippen MR) is 102 cm³/mol. The molecule has 0 radical (unpaired) electrons. The second kappa shape index (κ2) is 8.41. The van der Waals surface area contributed by atoms with Crippen LogP contribution in [-0.2, 0) is 17.8 Å². The highest BCUT2D eigenvalue weighted by Crippen LogP contribution is 2.21. The van der Waals surface area contributed by atoms with E-state index in [-0.39, 0.29) is 11.9 Å². The number of hydrogen-bond acceptors (Lipinski definition) is 4. The zero-order valence-electron chi connectivity index (χ0n) is 15.1. The van der Waals surface area contributed by atoms with Gasteiger partial charge in [-0.2, -0.15) is 15.0 Å². The van der Waals surface area contributed by atoms with E-state index in [9.17, 15) is 4.39 Å². The average molecular weight is 366 g/mol. The second-order valence-corrected chi connectivity index (χ2v) is 6.75. The van der Waals surface area contributed by atoms with Crippen molar-refractivity contribution in [2.24, 2.45) is 0 Å². The van der Waals surface area contributed by atoms with Gasteiger partial charge in [-0.3, -0.25) is 0 Å². The number of nitrogens with one attached hydrogen (secondary N) is 1. The van der Waals surface area contributed by atoms with E-state index in [0.29, 0.717) is 18.7 Å². The summed E-state index contributed by atoms with van der Waals surface area (Å²) in [5, 5.41) is 12.7. The molecular weight excluding hydrogens is 343 g/mol. The van der Waals surface area contributed by atoms with Gasteiger partial charge in [0.25, 0.3) is 0 Å². The van der Waals surface area contributed by atoms with Gasteiger partial charge in [0, 0.05) is 30.8 Å². The van der Waals surface area contributed by atoms with Crippen molar-refractivity contribution < 1.29 is 9.13 Å². The molecule has 27 heavy (non-hydrogen) atoms. The summed E-state index contributed by atoms with van der Waals surface area (Å²) in [5.41, 5.74) is 3.26. The van der Waals surface area contributed by atoms with Gasteiger partial charge in [-0.1, -0.05) is 48.5 Å². The Hall–Kier alpha value is -2.57. The Labute approximate surface area is 158 Å². The zero-order valence-corrected chi connectivity index (χ0v) is 15.1. The minimum absolute atomic E-state index is 0.242.